The Hall–Kier alpha value is -0.420. The molecule has 0 radical (unpaired) electrons. The number of aliphatic hydroxyl groups is 5. The molecular formula is C19H24I3N3O9. The van der Waals surface area contributed by atoms with Gasteiger partial charge in [-0.3, -0.25) is 14.4 Å². The molecule has 1 aromatic rings. The third kappa shape index (κ3) is 6.87. The summed E-state index contributed by atoms with van der Waals surface area (Å²) in [5.41, 5.74) is 0.367. The van der Waals surface area contributed by atoms with Crippen LogP contribution in [0.4, 0.5) is 5.69 Å². The standard InChI is InChI=1S/C19H24I3N3O9/c20-14-12(18(32)23-1-9(29)4-27)15(21)17(25-8(3-26)6-34-7-11(25)31)16(22)13(14)19(33)24-2-10(30)5-28/h8-10,26-30H,1-7H2,(H,23,32)(H,24,33). The zero-order valence-corrected chi connectivity index (χ0v) is 24.1. The number of ether oxygens (including phenoxy) is 1. The number of carbonyl (C=O) groups is 3. The smallest absolute Gasteiger partial charge is 0.253 e. The lowest BCUT2D eigenvalue weighted by atomic mass is 10.0. The van der Waals surface area contributed by atoms with Gasteiger partial charge in [-0.05, 0) is 67.8 Å². The van der Waals surface area contributed by atoms with Crippen LogP contribution >= 0.6 is 67.8 Å². The minimum absolute atomic E-state index is 0.0504. The van der Waals surface area contributed by atoms with Gasteiger partial charge in [-0.25, -0.2) is 0 Å². The van der Waals surface area contributed by atoms with Crippen molar-refractivity contribution in [1.82, 2.24) is 10.6 Å². The highest BCUT2D eigenvalue weighted by Gasteiger charge is 2.37. The van der Waals surface area contributed by atoms with Gasteiger partial charge in [0.15, 0.2) is 0 Å². The van der Waals surface area contributed by atoms with Crippen LogP contribution in [0.3, 0.4) is 0 Å². The first kappa shape index (κ1) is 29.8. The summed E-state index contributed by atoms with van der Waals surface area (Å²) in [6, 6.07) is -0.748. The molecule has 2 rings (SSSR count). The summed E-state index contributed by atoms with van der Waals surface area (Å²) in [7, 11) is 0. The third-order valence-corrected chi connectivity index (χ3v) is 7.97. The number of anilines is 1. The Morgan fingerprint density at radius 2 is 1.41 bits per heavy atom. The first-order valence-electron chi connectivity index (χ1n) is 9.94. The number of rotatable bonds is 10. The molecule has 12 nitrogen and oxygen atoms in total. The zero-order valence-electron chi connectivity index (χ0n) is 17.6. The van der Waals surface area contributed by atoms with Gasteiger partial charge >= 0.3 is 0 Å². The molecule has 3 amide bonds. The van der Waals surface area contributed by atoms with Crippen molar-refractivity contribution in [1.29, 1.82) is 0 Å². The second-order valence-corrected chi connectivity index (χ2v) is 10.5. The van der Waals surface area contributed by atoms with E-state index in [1.807, 2.05) is 67.8 Å². The summed E-state index contributed by atoms with van der Waals surface area (Å²) < 4.78 is 6.16. The fourth-order valence-corrected chi connectivity index (χ4v) is 7.73. The highest BCUT2D eigenvalue weighted by molar-refractivity contribution is 14.1. The van der Waals surface area contributed by atoms with Gasteiger partial charge in [0.05, 0.1) is 68.6 Å². The number of benzene rings is 1. The topological polar surface area (TPSA) is 189 Å². The average molecular weight is 819 g/mol. The van der Waals surface area contributed by atoms with E-state index in [0.717, 1.165) is 0 Å². The third-order valence-electron chi connectivity index (χ3n) is 4.79. The molecule has 1 aliphatic heterocycles. The van der Waals surface area contributed by atoms with Crippen LogP contribution in [0.15, 0.2) is 0 Å². The number of amides is 3. The second kappa shape index (κ2) is 13.8. The largest absolute Gasteiger partial charge is 0.394 e. The minimum Gasteiger partial charge on any atom is -0.394 e. The Morgan fingerprint density at radius 1 is 0.941 bits per heavy atom. The van der Waals surface area contributed by atoms with Crippen LogP contribution in [-0.4, -0.2) is 108 Å². The van der Waals surface area contributed by atoms with Gasteiger partial charge in [0, 0.05) is 16.7 Å². The van der Waals surface area contributed by atoms with E-state index in [2.05, 4.69) is 10.6 Å². The van der Waals surface area contributed by atoms with Crippen LogP contribution in [0.2, 0.25) is 0 Å². The van der Waals surface area contributed by atoms with Gasteiger partial charge in [0.1, 0.15) is 6.61 Å². The van der Waals surface area contributed by atoms with Crippen molar-refractivity contribution in [3.63, 3.8) is 0 Å². The van der Waals surface area contributed by atoms with Gasteiger partial charge in [0.2, 0.25) is 0 Å². The van der Waals surface area contributed by atoms with Crippen molar-refractivity contribution in [3.05, 3.63) is 21.8 Å². The van der Waals surface area contributed by atoms with Crippen LogP contribution in [-0.2, 0) is 9.53 Å². The number of halogens is 3. The quantitative estimate of drug-likeness (QED) is 0.137. The van der Waals surface area contributed by atoms with Crippen molar-refractivity contribution >= 4 is 91.2 Å². The maximum Gasteiger partial charge on any atom is 0.253 e. The molecule has 0 spiro atoms. The molecule has 1 aliphatic rings. The van der Waals surface area contributed by atoms with Gasteiger partial charge < -0.3 is 45.8 Å². The average Bonchev–Trinajstić information content (AvgIpc) is 2.81. The van der Waals surface area contributed by atoms with E-state index in [0.29, 0.717) is 7.14 Å². The zero-order chi connectivity index (χ0) is 25.6. The number of morpholine rings is 1. The number of aliphatic hydroxyl groups excluding tert-OH is 5. The second-order valence-electron chi connectivity index (χ2n) is 7.25. The summed E-state index contributed by atoms with van der Waals surface area (Å²) in [5, 5.41) is 52.1. The predicted molar refractivity (Wildman–Crippen MR) is 145 cm³/mol. The van der Waals surface area contributed by atoms with Gasteiger partial charge in [-0.1, -0.05) is 0 Å². The summed E-state index contributed by atoms with van der Waals surface area (Å²) in [5.74, 6) is -1.76. The Morgan fingerprint density at radius 3 is 1.82 bits per heavy atom. The van der Waals surface area contributed by atoms with Gasteiger partial charge in [0.25, 0.3) is 17.7 Å². The number of carbonyl (C=O) groups excluding carboxylic acids is 3. The summed E-state index contributed by atoms with van der Waals surface area (Å²) in [6.45, 7) is -2.23. The Balaban J connectivity index is 2.67. The molecule has 1 heterocycles. The highest BCUT2D eigenvalue weighted by atomic mass is 127. The normalized spacial score (nSPS) is 17.9. The number of nitrogens with one attached hydrogen (secondary N) is 2. The van der Waals surface area contributed by atoms with Gasteiger partial charge in [-0.2, -0.15) is 0 Å². The van der Waals surface area contributed by atoms with E-state index in [9.17, 15) is 29.7 Å². The highest BCUT2D eigenvalue weighted by Crippen LogP contribution is 2.39. The lowest BCUT2D eigenvalue weighted by Gasteiger charge is -2.36. The maximum atomic E-state index is 13.1. The first-order chi connectivity index (χ1) is 16.1. The molecule has 34 heavy (non-hydrogen) atoms. The first-order valence-corrected chi connectivity index (χ1v) is 13.2. The van der Waals surface area contributed by atoms with Gasteiger partial charge in [-0.15, -0.1) is 0 Å². The molecule has 0 bridgehead atoms. The van der Waals surface area contributed by atoms with E-state index < -0.39 is 55.8 Å². The monoisotopic (exact) mass is 819 g/mol. The number of hydrogen-bond donors (Lipinski definition) is 7. The van der Waals surface area contributed by atoms with Crippen LogP contribution in [0.25, 0.3) is 0 Å². The fraction of sp³-hybridized carbons (Fsp3) is 0.526. The van der Waals surface area contributed by atoms with Crippen molar-refractivity contribution in [2.75, 3.05) is 51.0 Å². The lowest BCUT2D eigenvalue weighted by molar-refractivity contribution is -0.128. The summed E-state index contributed by atoms with van der Waals surface area (Å²) in [4.78, 5) is 40.2. The molecule has 0 saturated carbocycles. The SMILES string of the molecule is O=C(NCC(O)CO)c1c(I)c(C(=O)NCC(O)CO)c(I)c(N2C(=O)COCC2CO)c1I. The molecule has 7 N–H and O–H groups in total. The van der Waals surface area contributed by atoms with E-state index in [1.165, 1.54) is 4.90 Å². The fourth-order valence-electron chi connectivity index (χ4n) is 3.06. The van der Waals surface area contributed by atoms with E-state index in [-0.39, 0.29) is 46.7 Å². The van der Waals surface area contributed by atoms with Crippen LogP contribution < -0.4 is 15.5 Å². The lowest BCUT2D eigenvalue weighted by Crippen LogP contribution is -2.52. The number of nitrogens with zero attached hydrogens (tertiary/aromatic N) is 1. The predicted octanol–water partition coefficient (Wildman–Crippen LogP) is -1.61. The summed E-state index contributed by atoms with van der Waals surface area (Å²) >= 11 is 5.60. The molecule has 0 aliphatic carbocycles. The molecule has 15 heteroatoms. The Bertz CT molecular complexity index is 881. The minimum atomic E-state index is -1.19. The van der Waals surface area contributed by atoms with Crippen molar-refractivity contribution < 1.29 is 44.7 Å². The molecular weight excluding hydrogens is 795 g/mol. The van der Waals surface area contributed by atoms with Crippen molar-refractivity contribution in [3.8, 4) is 0 Å². The van der Waals surface area contributed by atoms with E-state index in [1.54, 1.807) is 0 Å². The van der Waals surface area contributed by atoms with Crippen LogP contribution in [0, 0.1) is 10.7 Å². The van der Waals surface area contributed by atoms with Crippen LogP contribution in [0.1, 0.15) is 20.7 Å². The van der Waals surface area contributed by atoms with Crippen LogP contribution in [0.5, 0.6) is 0 Å². The van der Waals surface area contributed by atoms with E-state index in [4.69, 9.17) is 14.9 Å². The molecule has 190 valence electrons. The Labute approximate surface area is 235 Å². The molecule has 1 aromatic carbocycles. The van der Waals surface area contributed by atoms with Crippen molar-refractivity contribution in [2.45, 2.75) is 18.2 Å². The molecule has 0 aromatic heterocycles. The molecule has 1 saturated heterocycles. The maximum absolute atomic E-state index is 13.1. The summed E-state index contributed by atoms with van der Waals surface area (Å²) in [6.07, 6.45) is -2.38. The Kier molecular flexibility index (Phi) is 12.1. The van der Waals surface area contributed by atoms with Crippen molar-refractivity contribution in [2.24, 2.45) is 0 Å². The molecule has 3 unspecified atom stereocenters. The van der Waals surface area contributed by atoms with E-state index >= 15 is 0 Å². The number of hydrogen-bond acceptors (Lipinski definition) is 9. The molecule has 3 atom stereocenters. The molecule has 1 fully saturated rings.